The minimum Gasteiger partial charge on any atom is -0.490 e. The lowest BCUT2D eigenvalue weighted by atomic mass is 9.95. The van der Waals surface area contributed by atoms with Crippen LogP contribution < -0.4 is 14.8 Å². The summed E-state index contributed by atoms with van der Waals surface area (Å²) in [6.45, 7) is 4.86. The van der Waals surface area contributed by atoms with Crippen LogP contribution in [0.2, 0.25) is 0 Å². The fraction of sp³-hybridized carbons (Fsp3) is 0.348. The summed E-state index contributed by atoms with van der Waals surface area (Å²) >= 11 is 2.33. The predicted octanol–water partition coefficient (Wildman–Crippen LogP) is 4.46. The van der Waals surface area contributed by atoms with Gasteiger partial charge in [-0.1, -0.05) is 26.0 Å². The van der Waals surface area contributed by atoms with Crippen molar-refractivity contribution in [3.05, 3.63) is 51.1 Å². The van der Waals surface area contributed by atoms with Crippen LogP contribution in [-0.4, -0.2) is 41.7 Å². The van der Waals surface area contributed by atoms with Crippen molar-refractivity contribution in [3.63, 3.8) is 0 Å². The number of amides is 3. The van der Waals surface area contributed by atoms with E-state index in [0.29, 0.717) is 29.6 Å². The molecule has 2 aliphatic heterocycles. The molecule has 3 heterocycles. The topological polar surface area (TPSA) is 84.9 Å². The number of rotatable bonds is 6. The van der Waals surface area contributed by atoms with Crippen LogP contribution in [0.1, 0.15) is 36.8 Å². The molecule has 0 bridgehead atoms. The lowest BCUT2D eigenvalue weighted by Crippen LogP contribution is -2.41. The molecule has 1 unspecified atom stereocenters. The molecule has 1 fully saturated rings. The van der Waals surface area contributed by atoms with Gasteiger partial charge in [0, 0.05) is 11.3 Å². The number of hydrogen-bond acceptors (Lipinski definition) is 7. The SMILES string of the molecule is CC(C)C(NC(=O)CN1C(=O)S/C(=C/c2cccs2)C1=O)c1ccc2c(c1)OCCCO2. The number of nitrogens with one attached hydrogen (secondary N) is 1. The second-order valence-corrected chi connectivity index (χ2v) is 9.80. The Morgan fingerprint density at radius 2 is 1.97 bits per heavy atom. The van der Waals surface area contributed by atoms with E-state index in [2.05, 4.69) is 5.32 Å². The number of thiophene rings is 1. The van der Waals surface area contributed by atoms with E-state index in [0.717, 1.165) is 33.5 Å². The summed E-state index contributed by atoms with van der Waals surface area (Å²) in [5, 5.41) is 4.43. The van der Waals surface area contributed by atoms with Crippen LogP contribution in [0.4, 0.5) is 4.79 Å². The molecular formula is C23H24N2O5S2. The van der Waals surface area contributed by atoms with Gasteiger partial charge in [-0.15, -0.1) is 11.3 Å². The number of ether oxygens (including phenoxy) is 2. The Balaban J connectivity index is 1.45. The van der Waals surface area contributed by atoms with E-state index in [-0.39, 0.29) is 18.5 Å². The normalized spacial score (nSPS) is 18.2. The lowest BCUT2D eigenvalue weighted by Gasteiger charge is -2.24. The summed E-state index contributed by atoms with van der Waals surface area (Å²) in [5.41, 5.74) is 0.879. The van der Waals surface area contributed by atoms with Crippen molar-refractivity contribution in [2.45, 2.75) is 26.3 Å². The molecule has 168 valence electrons. The first-order valence-corrected chi connectivity index (χ1v) is 12.1. The van der Waals surface area contributed by atoms with Crippen LogP contribution in [0.15, 0.2) is 40.6 Å². The van der Waals surface area contributed by atoms with Gasteiger partial charge in [0.25, 0.3) is 11.1 Å². The minimum atomic E-state index is -0.444. The van der Waals surface area contributed by atoms with Crippen LogP contribution >= 0.6 is 23.1 Å². The summed E-state index contributed by atoms with van der Waals surface area (Å²) in [5.74, 6) is 0.591. The van der Waals surface area contributed by atoms with Gasteiger partial charge in [-0.2, -0.15) is 0 Å². The molecule has 1 atom stereocenters. The van der Waals surface area contributed by atoms with Crippen LogP contribution in [0.3, 0.4) is 0 Å². The minimum absolute atomic E-state index is 0.0809. The zero-order chi connectivity index (χ0) is 22.7. The number of hydrogen-bond donors (Lipinski definition) is 1. The van der Waals surface area contributed by atoms with Crippen molar-refractivity contribution in [1.29, 1.82) is 0 Å². The molecule has 0 saturated carbocycles. The van der Waals surface area contributed by atoms with Crippen LogP contribution in [0.5, 0.6) is 11.5 Å². The molecule has 0 spiro atoms. The molecule has 4 rings (SSSR count). The van der Waals surface area contributed by atoms with E-state index in [4.69, 9.17) is 9.47 Å². The van der Waals surface area contributed by atoms with Crippen molar-refractivity contribution in [2.75, 3.05) is 19.8 Å². The molecule has 1 saturated heterocycles. The monoisotopic (exact) mass is 472 g/mol. The number of thioether (sulfide) groups is 1. The quantitative estimate of drug-likeness (QED) is 0.625. The smallest absolute Gasteiger partial charge is 0.294 e. The van der Waals surface area contributed by atoms with E-state index in [1.54, 1.807) is 6.08 Å². The maximum absolute atomic E-state index is 12.8. The largest absolute Gasteiger partial charge is 0.490 e. The number of nitrogens with zero attached hydrogens (tertiary/aromatic N) is 1. The highest BCUT2D eigenvalue weighted by Gasteiger charge is 2.36. The first kappa shape index (κ1) is 22.4. The lowest BCUT2D eigenvalue weighted by molar-refractivity contribution is -0.129. The van der Waals surface area contributed by atoms with Gasteiger partial charge in [-0.3, -0.25) is 19.3 Å². The maximum atomic E-state index is 12.8. The number of benzene rings is 1. The van der Waals surface area contributed by atoms with Crippen LogP contribution in [0.25, 0.3) is 6.08 Å². The van der Waals surface area contributed by atoms with E-state index < -0.39 is 17.1 Å². The fourth-order valence-corrected chi connectivity index (χ4v) is 5.07. The van der Waals surface area contributed by atoms with Gasteiger partial charge in [0.2, 0.25) is 5.91 Å². The van der Waals surface area contributed by atoms with Gasteiger partial charge in [-0.25, -0.2) is 0 Å². The predicted molar refractivity (Wildman–Crippen MR) is 125 cm³/mol. The third-order valence-corrected chi connectivity index (χ3v) is 6.83. The van der Waals surface area contributed by atoms with Crippen molar-refractivity contribution in [1.82, 2.24) is 10.2 Å². The third kappa shape index (κ3) is 4.99. The molecule has 7 nitrogen and oxygen atoms in total. The molecule has 2 aliphatic rings. The Morgan fingerprint density at radius 3 is 2.69 bits per heavy atom. The number of fused-ring (bicyclic) bond motifs is 1. The van der Waals surface area contributed by atoms with E-state index in [1.165, 1.54) is 11.3 Å². The Bertz CT molecular complexity index is 1050. The summed E-state index contributed by atoms with van der Waals surface area (Å²) in [6, 6.07) is 9.08. The molecule has 0 radical (unpaired) electrons. The zero-order valence-corrected chi connectivity index (χ0v) is 19.5. The van der Waals surface area contributed by atoms with E-state index in [1.807, 2.05) is 49.6 Å². The summed E-state index contributed by atoms with van der Waals surface area (Å²) in [6.07, 6.45) is 2.50. The Labute approximate surface area is 194 Å². The van der Waals surface area contributed by atoms with Crippen molar-refractivity contribution < 1.29 is 23.9 Å². The Hall–Kier alpha value is -2.78. The van der Waals surface area contributed by atoms with Gasteiger partial charge < -0.3 is 14.8 Å². The van der Waals surface area contributed by atoms with Gasteiger partial charge in [0.15, 0.2) is 11.5 Å². The first-order chi connectivity index (χ1) is 15.4. The highest BCUT2D eigenvalue weighted by molar-refractivity contribution is 8.18. The van der Waals surface area contributed by atoms with Gasteiger partial charge in [0.05, 0.1) is 24.2 Å². The van der Waals surface area contributed by atoms with Gasteiger partial charge in [-0.05, 0) is 52.9 Å². The summed E-state index contributed by atoms with van der Waals surface area (Å²) < 4.78 is 11.5. The first-order valence-electron chi connectivity index (χ1n) is 10.4. The zero-order valence-electron chi connectivity index (χ0n) is 17.8. The molecule has 32 heavy (non-hydrogen) atoms. The van der Waals surface area contributed by atoms with E-state index >= 15 is 0 Å². The van der Waals surface area contributed by atoms with Crippen molar-refractivity contribution in [3.8, 4) is 11.5 Å². The molecule has 1 N–H and O–H groups in total. The van der Waals surface area contributed by atoms with Crippen molar-refractivity contribution in [2.24, 2.45) is 5.92 Å². The van der Waals surface area contributed by atoms with Gasteiger partial charge in [0.1, 0.15) is 6.54 Å². The maximum Gasteiger partial charge on any atom is 0.294 e. The molecule has 9 heteroatoms. The average Bonchev–Trinajstić information content (AvgIpc) is 3.27. The molecule has 0 aliphatic carbocycles. The molecule has 1 aromatic carbocycles. The number of carbonyl (C=O) groups excluding carboxylic acids is 3. The number of carbonyl (C=O) groups is 3. The number of imide groups is 1. The summed E-state index contributed by atoms with van der Waals surface area (Å²) in [7, 11) is 0. The molecule has 3 amide bonds. The Morgan fingerprint density at radius 1 is 1.19 bits per heavy atom. The average molecular weight is 473 g/mol. The van der Waals surface area contributed by atoms with E-state index in [9.17, 15) is 14.4 Å². The highest BCUT2D eigenvalue weighted by atomic mass is 32.2. The van der Waals surface area contributed by atoms with Crippen LogP contribution in [-0.2, 0) is 9.59 Å². The Kier molecular flexibility index (Phi) is 6.86. The standard InChI is InChI=1S/C23H24N2O5S2/c1-14(2)21(15-6-7-17-18(11-15)30-9-4-8-29-17)24-20(26)13-25-22(27)19(32-23(25)28)12-16-5-3-10-31-16/h3,5-7,10-12,14,21H,4,8-9,13H2,1-2H3,(H,24,26)/b19-12+. The third-order valence-electron chi connectivity index (χ3n) is 5.11. The second-order valence-electron chi connectivity index (χ2n) is 7.83. The second kappa shape index (κ2) is 9.79. The molecule has 1 aromatic heterocycles. The van der Waals surface area contributed by atoms with Gasteiger partial charge >= 0.3 is 0 Å². The van der Waals surface area contributed by atoms with Crippen molar-refractivity contribution >= 4 is 46.2 Å². The van der Waals surface area contributed by atoms with Crippen LogP contribution in [0, 0.1) is 5.92 Å². The fourth-order valence-electron chi connectivity index (χ4n) is 3.51. The summed E-state index contributed by atoms with van der Waals surface area (Å²) in [4.78, 5) is 40.0. The molecule has 2 aromatic rings. The highest BCUT2D eigenvalue weighted by Crippen LogP contribution is 2.35. The molecular weight excluding hydrogens is 448 g/mol.